The Hall–Kier alpha value is -4.20. The number of carbonyl (C=O) groups excluding carboxylic acids is 1. The van der Waals surface area contributed by atoms with E-state index in [0.29, 0.717) is 39.7 Å². The molecule has 0 spiro atoms. The van der Waals surface area contributed by atoms with E-state index in [0.717, 1.165) is 0 Å². The number of methoxy groups -OCH3 is 1. The van der Waals surface area contributed by atoms with Crippen LogP contribution in [0, 0.1) is 6.92 Å². The lowest BCUT2D eigenvalue weighted by Gasteiger charge is -2.11. The SMILES string of the molecule is COc1ccc(Oc2c(C)oc3cc(OCC(=O)NCc4ccco4)ccc3c2=O)cc1. The van der Waals surface area contributed by atoms with Crippen molar-refractivity contribution in [2.75, 3.05) is 13.7 Å². The van der Waals surface area contributed by atoms with Gasteiger partial charge in [0.2, 0.25) is 11.2 Å². The lowest BCUT2D eigenvalue weighted by Crippen LogP contribution is -2.28. The summed E-state index contributed by atoms with van der Waals surface area (Å²) >= 11 is 0. The molecule has 2 aromatic heterocycles. The van der Waals surface area contributed by atoms with E-state index in [1.807, 2.05) is 0 Å². The first-order valence-corrected chi connectivity index (χ1v) is 9.85. The normalized spacial score (nSPS) is 10.7. The molecule has 8 nitrogen and oxygen atoms in total. The van der Waals surface area contributed by atoms with Crippen molar-refractivity contribution < 1.29 is 27.8 Å². The summed E-state index contributed by atoms with van der Waals surface area (Å²) < 4.78 is 27.4. The topological polar surface area (TPSA) is 100 Å². The van der Waals surface area contributed by atoms with Crippen molar-refractivity contribution in [1.29, 1.82) is 0 Å². The number of aryl methyl sites for hydroxylation is 1. The zero-order valence-electron chi connectivity index (χ0n) is 17.5. The maximum atomic E-state index is 12.9. The molecule has 0 radical (unpaired) electrons. The summed E-state index contributed by atoms with van der Waals surface area (Å²) in [7, 11) is 1.57. The molecule has 0 fully saturated rings. The zero-order valence-corrected chi connectivity index (χ0v) is 17.5. The third-order valence-electron chi connectivity index (χ3n) is 4.68. The first-order chi connectivity index (χ1) is 15.5. The van der Waals surface area contributed by atoms with Crippen LogP contribution >= 0.6 is 0 Å². The van der Waals surface area contributed by atoms with Gasteiger partial charge < -0.3 is 28.4 Å². The van der Waals surface area contributed by atoms with Crippen molar-refractivity contribution in [2.45, 2.75) is 13.5 Å². The van der Waals surface area contributed by atoms with E-state index >= 15 is 0 Å². The average molecular weight is 435 g/mol. The molecule has 164 valence electrons. The summed E-state index contributed by atoms with van der Waals surface area (Å²) in [5, 5.41) is 3.03. The van der Waals surface area contributed by atoms with Crippen LogP contribution in [-0.4, -0.2) is 19.6 Å². The highest BCUT2D eigenvalue weighted by Gasteiger charge is 2.15. The van der Waals surface area contributed by atoms with E-state index in [9.17, 15) is 9.59 Å². The molecular weight excluding hydrogens is 414 g/mol. The molecule has 2 aromatic carbocycles. The van der Waals surface area contributed by atoms with Gasteiger partial charge in [0, 0.05) is 6.07 Å². The quantitative estimate of drug-likeness (QED) is 0.443. The molecule has 2 heterocycles. The van der Waals surface area contributed by atoms with Crippen molar-refractivity contribution in [2.24, 2.45) is 0 Å². The molecule has 0 aliphatic heterocycles. The molecule has 0 atom stereocenters. The Morgan fingerprint density at radius 2 is 1.78 bits per heavy atom. The summed E-state index contributed by atoms with van der Waals surface area (Å²) in [5.41, 5.74) is 0.0328. The fourth-order valence-corrected chi connectivity index (χ4v) is 3.04. The molecule has 0 unspecified atom stereocenters. The first-order valence-electron chi connectivity index (χ1n) is 9.85. The smallest absolute Gasteiger partial charge is 0.258 e. The summed E-state index contributed by atoms with van der Waals surface area (Å²) in [5.74, 6) is 2.34. The van der Waals surface area contributed by atoms with Crippen molar-refractivity contribution in [3.8, 4) is 23.0 Å². The van der Waals surface area contributed by atoms with Crippen molar-refractivity contribution in [1.82, 2.24) is 5.32 Å². The van der Waals surface area contributed by atoms with E-state index in [1.165, 1.54) is 6.26 Å². The van der Waals surface area contributed by atoms with Gasteiger partial charge in [0.05, 0.1) is 25.3 Å². The summed E-state index contributed by atoms with van der Waals surface area (Å²) in [6, 6.07) is 15.1. The van der Waals surface area contributed by atoms with Gasteiger partial charge in [0.15, 0.2) is 6.61 Å². The number of hydrogen-bond donors (Lipinski definition) is 1. The van der Waals surface area contributed by atoms with Crippen LogP contribution in [0.3, 0.4) is 0 Å². The summed E-state index contributed by atoms with van der Waals surface area (Å²) in [6.45, 7) is 1.74. The second-order valence-corrected chi connectivity index (χ2v) is 6.90. The van der Waals surface area contributed by atoms with Gasteiger partial charge in [0.1, 0.15) is 34.4 Å². The van der Waals surface area contributed by atoms with Gasteiger partial charge in [-0.2, -0.15) is 0 Å². The number of furan rings is 1. The second-order valence-electron chi connectivity index (χ2n) is 6.90. The maximum Gasteiger partial charge on any atom is 0.258 e. The maximum absolute atomic E-state index is 12.9. The van der Waals surface area contributed by atoms with E-state index in [-0.39, 0.29) is 30.2 Å². The molecule has 0 bridgehead atoms. The minimum absolute atomic E-state index is 0.105. The number of ether oxygens (including phenoxy) is 3. The molecule has 0 aliphatic rings. The van der Waals surface area contributed by atoms with Gasteiger partial charge in [0.25, 0.3) is 5.91 Å². The van der Waals surface area contributed by atoms with Crippen LogP contribution in [-0.2, 0) is 11.3 Å². The highest BCUT2D eigenvalue weighted by Crippen LogP contribution is 2.28. The van der Waals surface area contributed by atoms with Crippen LogP contribution in [0.2, 0.25) is 0 Å². The highest BCUT2D eigenvalue weighted by atomic mass is 16.5. The fourth-order valence-electron chi connectivity index (χ4n) is 3.04. The van der Waals surface area contributed by atoms with Gasteiger partial charge in [-0.25, -0.2) is 0 Å². The lowest BCUT2D eigenvalue weighted by atomic mass is 10.2. The molecule has 0 saturated heterocycles. The molecule has 0 saturated carbocycles. The Morgan fingerprint density at radius 3 is 2.50 bits per heavy atom. The van der Waals surface area contributed by atoms with Gasteiger partial charge >= 0.3 is 0 Å². The third-order valence-corrected chi connectivity index (χ3v) is 4.68. The number of amides is 1. The highest BCUT2D eigenvalue weighted by molar-refractivity contribution is 5.80. The number of hydrogen-bond acceptors (Lipinski definition) is 7. The third kappa shape index (κ3) is 4.75. The monoisotopic (exact) mass is 435 g/mol. The van der Waals surface area contributed by atoms with E-state index in [1.54, 1.807) is 68.6 Å². The summed E-state index contributed by atoms with van der Waals surface area (Å²) in [6.07, 6.45) is 1.54. The van der Waals surface area contributed by atoms with Crippen LogP contribution in [0.25, 0.3) is 11.0 Å². The molecule has 8 heteroatoms. The number of fused-ring (bicyclic) bond motifs is 1. The number of rotatable bonds is 8. The van der Waals surface area contributed by atoms with E-state index in [2.05, 4.69) is 5.32 Å². The van der Waals surface area contributed by atoms with Crippen LogP contribution in [0.1, 0.15) is 11.5 Å². The number of benzene rings is 2. The molecule has 4 rings (SSSR count). The minimum Gasteiger partial charge on any atom is -0.497 e. The zero-order chi connectivity index (χ0) is 22.5. The van der Waals surface area contributed by atoms with Gasteiger partial charge in [-0.3, -0.25) is 9.59 Å². The largest absolute Gasteiger partial charge is 0.497 e. The number of nitrogens with one attached hydrogen (secondary N) is 1. The van der Waals surface area contributed by atoms with Crippen LogP contribution < -0.4 is 25.0 Å². The van der Waals surface area contributed by atoms with Gasteiger partial charge in [-0.05, 0) is 55.5 Å². The standard InChI is InChI=1S/C24H21NO7/c1-15-24(32-17-7-5-16(28-2)6-8-17)23(27)20-10-9-18(12-21(20)31-15)30-14-22(26)25-13-19-4-3-11-29-19/h3-12H,13-14H2,1-2H3,(H,25,26). The predicted octanol–water partition coefficient (Wildman–Crippen LogP) is 4.19. The van der Waals surface area contributed by atoms with Crippen molar-refractivity contribution in [3.05, 3.63) is 82.6 Å². The van der Waals surface area contributed by atoms with Crippen molar-refractivity contribution in [3.63, 3.8) is 0 Å². The summed E-state index contributed by atoms with van der Waals surface area (Å²) in [4.78, 5) is 24.9. The van der Waals surface area contributed by atoms with Gasteiger partial charge in [-0.15, -0.1) is 0 Å². The molecule has 1 amide bonds. The number of carbonyl (C=O) groups is 1. The Balaban J connectivity index is 1.46. The van der Waals surface area contributed by atoms with Crippen molar-refractivity contribution >= 4 is 16.9 Å². The first kappa shape index (κ1) is 21.0. The van der Waals surface area contributed by atoms with Crippen LogP contribution in [0.15, 0.2) is 74.5 Å². The Bertz CT molecular complexity index is 1270. The Labute approximate surface area is 183 Å². The van der Waals surface area contributed by atoms with Crippen LogP contribution in [0.5, 0.6) is 23.0 Å². The predicted molar refractivity (Wildman–Crippen MR) is 116 cm³/mol. The van der Waals surface area contributed by atoms with E-state index < -0.39 is 0 Å². The average Bonchev–Trinajstić information content (AvgIpc) is 3.33. The second kappa shape index (κ2) is 9.30. The molecule has 1 N–H and O–H groups in total. The Kier molecular flexibility index (Phi) is 6.12. The molecule has 0 aliphatic carbocycles. The van der Waals surface area contributed by atoms with E-state index in [4.69, 9.17) is 23.0 Å². The molecule has 32 heavy (non-hydrogen) atoms. The fraction of sp³-hybridized carbons (Fsp3) is 0.167. The molecule has 4 aromatic rings. The molecular formula is C24H21NO7. The Morgan fingerprint density at radius 1 is 1.03 bits per heavy atom. The van der Waals surface area contributed by atoms with Crippen LogP contribution in [0.4, 0.5) is 0 Å². The minimum atomic E-state index is -0.303. The lowest BCUT2D eigenvalue weighted by molar-refractivity contribution is -0.123. The van der Waals surface area contributed by atoms with Gasteiger partial charge in [-0.1, -0.05) is 0 Å².